The van der Waals surface area contributed by atoms with Crippen LogP contribution in [0.15, 0.2) is 18.5 Å². The van der Waals surface area contributed by atoms with Gasteiger partial charge < -0.3 is 9.67 Å². The van der Waals surface area contributed by atoms with Gasteiger partial charge in [-0.3, -0.25) is 0 Å². The van der Waals surface area contributed by atoms with Crippen LogP contribution in [0.1, 0.15) is 30.2 Å². The minimum atomic E-state index is -0.871. The first-order valence-electron chi connectivity index (χ1n) is 3.52. The molecule has 0 amide bonds. The predicted octanol–water partition coefficient (Wildman–Crippen LogP) is 1.77. The fourth-order valence-corrected chi connectivity index (χ4v) is 0.861. The van der Waals surface area contributed by atoms with Crippen molar-refractivity contribution in [2.75, 3.05) is 0 Å². The van der Waals surface area contributed by atoms with Crippen LogP contribution in [-0.2, 0) is 0 Å². The lowest BCUT2D eigenvalue weighted by Crippen LogP contribution is -1.98. The van der Waals surface area contributed by atoms with Crippen LogP contribution in [0.25, 0.3) is 0 Å². The average molecular weight is 153 g/mol. The zero-order valence-electron chi connectivity index (χ0n) is 6.61. The molecule has 3 heteroatoms. The SMILES string of the molecule is CC(C)n1ccc(C(=O)O)c1. The highest BCUT2D eigenvalue weighted by molar-refractivity contribution is 5.87. The van der Waals surface area contributed by atoms with E-state index in [9.17, 15) is 4.79 Å². The third kappa shape index (κ3) is 1.61. The summed E-state index contributed by atoms with van der Waals surface area (Å²) < 4.78 is 1.86. The molecule has 1 rings (SSSR count). The number of aromatic carboxylic acids is 1. The monoisotopic (exact) mass is 153 g/mol. The molecule has 3 nitrogen and oxygen atoms in total. The van der Waals surface area contributed by atoms with Crippen molar-refractivity contribution in [3.63, 3.8) is 0 Å². The smallest absolute Gasteiger partial charge is 0.337 e. The summed E-state index contributed by atoms with van der Waals surface area (Å²) in [6, 6.07) is 1.92. The molecule has 11 heavy (non-hydrogen) atoms. The molecule has 0 spiro atoms. The largest absolute Gasteiger partial charge is 0.478 e. The minimum Gasteiger partial charge on any atom is -0.478 e. The first-order valence-corrected chi connectivity index (χ1v) is 3.52. The molecule has 0 unspecified atom stereocenters. The number of rotatable bonds is 2. The molecule has 0 atom stereocenters. The van der Waals surface area contributed by atoms with Crippen molar-refractivity contribution in [1.82, 2.24) is 4.57 Å². The molecule has 1 N–H and O–H groups in total. The third-order valence-corrected chi connectivity index (χ3v) is 1.56. The molecular formula is C8H11NO2. The summed E-state index contributed by atoms with van der Waals surface area (Å²) in [6.07, 6.45) is 3.40. The van der Waals surface area contributed by atoms with Gasteiger partial charge in [0.1, 0.15) is 0 Å². The first kappa shape index (κ1) is 7.85. The standard InChI is InChI=1S/C8H11NO2/c1-6(2)9-4-3-7(5-9)8(10)11/h3-6H,1-2H3,(H,10,11). The van der Waals surface area contributed by atoms with Gasteiger partial charge >= 0.3 is 5.97 Å². The molecule has 0 bridgehead atoms. The Morgan fingerprint density at radius 3 is 2.55 bits per heavy atom. The topological polar surface area (TPSA) is 42.2 Å². The van der Waals surface area contributed by atoms with Crippen LogP contribution in [0, 0.1) is 0 Å². The summed E-state index contributed by atoms with van der Waals surface area (Å²) >= 11 is 0. The van der Waals surface area contributed by atoms with Crippen LogP contribution >= 0.6 is 0 Å². The molecule has 1 heterocycles. The van der Waals surface area contributed by atoms with Crippen molar-refractivity contribution in [2.45, 2.75) is 19.9 Å². The summed E-state index contributed by atoms with van der Waals surface area (Å²) in [5.41, 5.74) is 0.346. The van der Waals surface area contributed by atoms with Gasteiger partial charge in [-0.15, -0.1) is 0 Å². The van der Waals surface area contributed by atoms with E-state index in [4.69, 9.17) is 5.11 Å². The lowest BCUT2D eigenvalue weighted by molar-refractivity contribution is 0.0697. The highest BCUT2D eigenvalue weighted by Crippen LogP contribution is 2.07. The van der Waals surface area contributed by atoms with E-state index < -0.39 is 5.97 Å². The van der Waals surface area contributed by atoms with E-state index in [-0.39, 0.29) is 0 Å². The Balaban J connectivity index is 2.90. The second-order valence-corrected chi connectivity index (χ2v) is 2.75. The molecule has 0 aliphatic rings. The molecule has 0 saturated heterocycles. The lowest BCUT2D eigenvalue weighted by atomic mass is 10.3. The molecule has 0 fully saturated rings. The zero-order valence-corrected chi connectivity index (χ0v) is 6.61. The summed E-state index contributed by atoms with van der Waals surface area (Å²) in [5, 5.41) is 8.57. The van der Waals surface area contributed by atoms with E-state index in [0.29, 0.717) is 11.6 Å². The Hall–Kier alpha value is -1.25. The van der Waals surface area contributed by atoms with Crippen molar-refractivity contribution in [3.05, 3.63) is 24.0 Å². The molecule has 1 aromatic heterocycles. The van der Waals surface area contributed by atoms with Crippen molar-refractivity contribution < 1.29 is 9.90 Å². The van der Waals surface area contributed by atoms with Crippen molar-refractivity contribution in [3.8, 4) is 0 Å². The summed E-state index contributed by atoms with van der Waals surface area (Å²) in [5.74, 6) is -0.871. The second-order valence-electron chi connectivity index (χ2n) is 2.75. The quantitative estimate of drug-likeness (QED) is 0.703. The number of aromatic nitrogens is 1. The van der Waals surface area contributed by atoms with E-state index in [1.807, 2.05) is 18.4 Å². The van der Waals surface area contributed by atoms with Gasteiger partial charge in [-0.1, -0.05) is 0 Å². The maximum Gasteiger partial charge on any atom is 0.337 e. The van der Waals surface area contributed by atoms with Gasteiger partial charge in [-0.25, -0.2) is 4.79 Å². The summed E-state index contributed by atoms with van der Waals surface area (Å²) in [7, 11) is 0. The Morgan fingerprint density at radius 2 is 2.27 bits per heavy atom. The fraction of sp³-hybridized carbons (Fsp3) is 0.375. The maximum atomic E-state index is 10.4. The van der Waals surface area contributed by atoms with Crippen molar-refractivity contribution >= 4 is 5.97 Å². The van der Waals surface area contributed by atoms with E-state index in [1.165, 1.54) is 0 Å². The van der Waals surface area contributed by atoms with Gasteiger partial charge in [-0.2, -0.15) is 0 Å². The fourth-order valence-electron chi connectivity index (χ4n) is 0.861. The van der Waals surface area contributed by atoms with Crippen LogP contribution in [0.3, 0.4) is 0 Å². The average Bonchev–Trinajstić information content (AvgIpc) is 2.33. The number of carbonyl (C=O) groups is 1. The number of carboxylic acid groups (broad SMARTS) is 1. The van der Waals surface area contributed by atoms with E-state index in [2.05, 4.69) is 0 Å². The number of nitrogens with zero attached hydrogens (tertiary/aromatic N) is 1. The van der Waals surface area contributed by atoms with Crippen LogP contribution in [0.2, 0.25) is 0 Å². The molecular weight excluding hydrogens is 142 g/mol. The molecule has 60 valence electrons. The third-order valence-electron chi connectivity index (χ3n) is 1.56. The molecule has 0 aromatic carbocycles. The van der Waals surface area contributed by atoms with Crippen LogP contribution < -0.4 is 0 Å². The molecule has 0 saturated carbocycles. The van der Waals surface area contributed by atoms with Gasteiger partial charge in [0.15, 0.2) is 0 Å². The zero-order chi connectivity index (χ0) is 8.43. The second kappa shape index (κ2) is 2.78. The summed E-state index contributed by atoms with van der Waals surface area (Å²) in [6.45, 7) is 4.01. The maximum absolute atomic E-state index is 10.4. The number of hydrogen-bond acceptors (Lipinski definition) is 1. The molecule has 0 aliphatic carbocycles. The van der Waals surface area contributed by atoms with Gasteiger partial charge in [-0.05, 0) is 19.9 Å². The molecule has 1 aromatic rings. The van der Waals surface area contributed by atoms with E-state index >= 15 is 0 Å². The van der Waals surface area contributed by atoms with Crippen LogP contribution in [-0.4, -0.2) is 15.6 Å². The predicted molar refractivity (Wildman–Crippen MR) is 41.8 cm³/mol. The number of carboxylic acids is 1. The van der Waals surface area contributed by atoms with Crippen molar-refractivity contribution in [1.29, 1.82) is 0 Å². The van der Waals surface area contributed by atoms with E-state index in [1.54, 1.807) is 18.5 Å². The Bertz CT molecular complexity index is 263. The molecule has 0 radical (unpaired) electrons. The van der Waals surface area contributed by atoms with E-state index in [0.717, 1.165) is 0 Å². The normalized spacial score (nSPS) is 10.5. The first-order chi connectivity index (χ1) is 5.11. The number of hydrogen-bond donors (Lipinski definition) is 1. The Kier molecular flexibility index (Phi) is 1.98. The Labute approximate surface area is 65.3 Å². The van der Waals surface area contributed by atoms with Gasteiger partial charge in [0, 0.05) is 18.4 Å². The lowest BCUT2D eigenvalue weighted by Gasteiger charge is -2.04. The van der Waals surface area contributed by atoms with Crippen LogP contribution in [0.5, 0.6) is 0 Å². The minimum absolute atomic E-state index is 0.322. The highest BCUT2D eigenvalue weighted by Gasteiger charge is 2.04. The Morgan fingerprint density at radius 1 is 1.64 bits per heavy atom. The molecule has 0 aliphatic heterocycles. The highest BCUT2D eigenvalue weighted by atomic mass is 16.4. The van der Waals surface area contributed by atoms with Gasteiger partial charge in [0.25, 0.3) is 0 Å². The van der Waals surface area contributed by atoms with Crippen molar-refractivity contribution in [2.24, 2.45) is 0 Å². The van der Waals surface area contributed by atoms with Gasteiger partial charge in [0.2, 0.25) is 0 Å². The van der Waals surface area contributed by atoms with Gasteiger partial charge in [0.05, 0.1) is 5.56 Å². The summed E-state index contributed by atoms with van der Waals surface area (Å²) in [4.78, 5) is 10.4. The van der Waals surface area contributed by atoms with Crippen LogP contribution in [0.4, 0.5) is 0 Å².